The molecule has 0 heterocycles. The lowest BCUT2D eigenvalue weighted by atomic mass is 10.2. The van der Waals surface area contributed by atoms with Gasteiger partial charge in [0.05, 0.1) is 16.1 Å². The number of benzene rings is 2. The van der Waals surface area contributed by atoms with Crippen LogP contribution in [0.4, 0.5) is 5.69 Å². The maximum atomic E-state index is 6.21. The summed E-state index contributed by atoms with van der Waals surface area (Å²) < 4.78 is 6.50. The van der Waals surface area contributed by atoms with Gasteiger partial charge < -0.3 is 10.1 Å². The molecule has 0 aliphatic heterocycles. The topological polar surface area (TPSA) is 21.3 Å². The molecule has 2 nitrogen and oxygen atoms in total. The van der Waals surface area contributed by atoms with Gasteiger partial charge in [0.1, 0.15) is 5.75 Å². The molecule has 0 unspecified atom stereocenters. The third-order valence-corrected chi connectivity index (χ3v) is 4.28. The van der Waals surface area contributed by atoms with Gasteiger partial charge in [-0.05, 0) is 65.7 Å². The van der Waals surface area contributed by atoms with E-state index in [1.165, 1.54) is 0 Å². The average Bonchev–Trinajstić information content (AvgIpc) is 2.42. The molecule has 2 rings (SSSR count). The fourth-order valence-corrected chi connectivity index (χ4v) is 2.58. The molecular weight excluding hydrogens is 373 g/mol. The van der Waals surface area contributed by atoms with Crippen LogP contribution in [0.25, 0.3) is 0 Å². The number of hydrogen-bond acceptors (Lipinski definition) is 2. The van der Waals surface area contributed by atoms with Gasteiger partial charge in [-0.15, -0.1) is 0 Å². The van der Waals surface area contributed by atoms with Gasteiger partial charge in [-0.2, -0.15) is 0 Å². The van der Waals surface area contributed by atoms with Crippen LogP contribution in [0.2, 0.25) is 10.0 Å². The van der Waals surface area contributed by atoms with E-state index in [9.17, 15) is 0 Å². The first-order valence-electron chi connectivity index (χ1n) is 6.59. The first-order chi connectivity index (χ1) is 9.95. The molecule has 0 fully saturated rings. The van der Waals surface area contributed by atoms with Crippen LogP contribution in [0.5, 0.6) is 5.75 Å². The van der Waals surface area contributed by atoms with Gasteiger partial charge in [0.2, 0.25) is 0 Å². The van der Waals surface area contributed by atoms with Gasteiger partial charge in [0.15, 0.2) is 0 Å². The second-order valence-corrected chi connectivity index (χ2v) is 6.58. The number of halogens is 3. The van der Waals surface area contributed by atoms with Crippen molar-refractivity contribution in [1.82, 2.24) is 0 Å². The lowest BCUT2D eigenvalue weighted by Gasteiger charge is -2.13. The molecule has 0 aromatic heterocycles. The van der Waals surface area contributed by atoms with E-state index in [-0.39, 0.29) is 6.10 Å². The first kappa shape index (κ1) is 16.5. The van der Waals surface area contributed by atoms with E-state index in [1.807, 2.05) is 50.2 Å². The van der Waals surface area contributed by atoms with Crippen LogP contribution < -0.4 is 10.1 Å². The van der Waals surface area contributed by atoms with Crippen molar-refractivity contribution in [3.63, 3.8) is 0 Å². The van der Waals surface area contributed by atoms with Gasteiger partial charge in [-0.3, -0.25) is 0 Å². The molecule has 2 aromatic rings. The lowest BCUT2D eigenvalue weighted by molar-refractivity contribution is 0.242. The van der Waals surface area contributed by atoms with Crippen LogP contribution in [0.15, 0.2) is 40.9 Å². The van der Waals surface area contributed by atoms with Gasteiger partial charge in [-0.1, -0.05) is 29.3 Å². The molecule has 112 valence electrons. The number of hydrogen-bond donors (Lipinski definition) is 1. The monoisotopic (exact) mass is 387 g/mol. The van der Waals surface area contributed by atoms with Gasteiger partial charge in [0.25, 0.3) is 0 Å². The third kappa shape index (κ3) is 4.80. The SMILES string of the molecule is CC(C)Oc1ccc(NCc2ccc(Cl)c(Br)c2)cc1Cl. The van der Waals surface area contributed by atoms with E-state index in [1.54, 1.807) is 0 Å². The largest absolute Gasteiger partial charge is 0.489 e. The molecule has 0 atom stereocenters. The van der Waals surface area contributed by atoms with E-state index >= 15 is 0 Å². The Labute approximate surface area is 143 Å². The van der Waals surface area contributed by atoms with Crippen LogP contribution in [0, 0.1) is 0 Å². The zero-order chi connectivity index (χ0) is 15.4. The van der Waals surface area contributed by atoms with Crippen LogP contribution >= 0.6 is 39.1 Å². The summed E-state index contributed by atoms with van der Waals surface area (Å²) in [5.74, 6) is 0.700. The van der Waals surface area contributed by atoms with Crippen molar-refractivity contribution >= 4 is 44.8 Å². The van der Waals surface area contributed by atoms with Crippen molar-refractivity contribution in [2.75, 3.05) is 5.32 Å². The molecule has 0 radical (unpaired) electrons. The van der Waals surface area contributed by atoms with Crippen LogP contribution in [-0.4, -0.2) is 6.10 Å². The van der Waals surface area contributed by atoms with Crippen LogP contribution in [0.1, 0.15) is 19.4 Å². The maximum Gasteiger partial charge on any atom is 0.138 e. The average molecular weight is 389 g/mol. The van der Waals surface area contributed by atoms with Crippen molar-refractivity contribution in [3.8, 4) is 5.75 Å². The normalized spacial score (nSPS) is 10.8. The minimum atomic E-state index is 0.104. The quantitative estimate of drug-likeness (QED) is 0.662. The summed E-state index contributed by atoms with van der Waals surface area (Å²) in [6.45, 7) is 4.64. The number of nitrogens with one attached hydrogen (secondary N) is 1. The Hall–Kier alpha value is -0.900. The molecular formula is C16H16BrCl2NO. The molecule has 0 bridgehead atoms. The Balaban J connectivity index is 2.03. The molecule has 5 heteroatoms. The van der Waals surface area contributed by atoms with Crippen LogP contribution in [0.3, 0.4) is 0 Å². The summed E-state index contributed by atoms with van der Waals surface area (Å²) in [4.78, 5) is 0. The highest BCUT2D eigenvalue weighted by Gasteiger charge is 2.05. The summed E-state index contributed by atoms with van der Waals surface area (Å²) in [5, 5.41) is 4.63. The fourth-order valence-electron chi connectivity index (χ4n) is 1.81. The molecule has 0 saturated heterocycles. The highest BCUT2D eigenvalue weighted by atomic mass is 79.9. The Kier molecular flexibility index (Phi) is 5.80. The summed E-state index contributed by atoms with van der Waals surface area (Å²) in [5.41, 5.74) is 2.08. The number of rotatable bonds is 5. The minimum Gasteiger partial charge on any atom is -0.489 e. The zero-order valence-electron chi connectivity index (χ0n) is 11.8. The summed E-state index contributed by atoms with van der Waals surface area (Å²) in [7, 11) is 0. The predicted octanol–water partition coefficient (Wildman–Crippen LogP) is 6.16. The summed E-state index contributed by atoms with van der Waals surface area (Å²) >= 11 is 15.6. The predicted molar refractivity (Wildman–Crippen MR) is 93.7 cm³/mol. The third-order valence-electron chi connectivity index (χ3n) is 2.78. The van der Waals surface area contributed by atoms with Crippen molar-refractivity contribution < 1.29 is 4.74 Å². The molecule has 2 aromatic carbocycles. The van der Waals surface area contributed by atoms with Crippen LogP contribution in [-0.2, 0) is 6.54 Å². The van der Waals surface area contributed by atoms with E-state index in [4.69, 9.17) is 27.9 Å². The van der Waals surface area contributed by atoms with Gasteiger partial charge in [-0.25, -0.2) is 0 Å². The molecule has 0 aliphatic carbocycles. The van der Waals surface area contributed by atoms with Gasteiger partial charge >= 0.3 is 0 Å². The van der Waals surface area contributed by atoms with E-state index in [2.05, 4.69) is 21.2 Å². The standard InChI is InChI=1S/C16H16BrCl2NO/c1-10(2)21-16-6-4-12(8-15(16)19)20-9-11-3-5-14(18)13(17)7-11/h3-8,10,20H,9H2,1-2H3. The second kappa shape index (κ2) is 7.39. The molecule has 0 spiro atoms. The number of anilines is 1. The minimum absolute atomic E-state index is 0.104. The highest BCUT2D eigenvalue weighted by molar-refractivity contribution is 9.10. The second-order valence-electron chi connectivity index (χ2n) is 4.91. The maximum absolute atomic E-state index is 6.21. The Morgan fingerprint density at radius 1 is 1.10 bits per heavy atom. The Morgan fingerprint density at radius 2 is 1.86 bits per heavy atom. The van der Waals surface area contributed by atoms with Crippen molar-refractivity contribution in [3.05, 3.63) is 56.5 Å². The molecule has 0 aliphatic rings. The molecule has 0 saturated carbocycles. The van der Waals surface area contributed by atoms with Crippen molar-refractivity contribution in [2.45, 2.75) is 26.5 Å². The van der Waals surface area contributed by atoms with Gasteiger partial charge in [0, 0.05) is 16.7 Å². The summed E-state index contributed by atoms with van der Waals surface area (Å²) in [6.07, 6.45) is 0.104. The van der Waals surface area contributed by atoms with E-state index in [0.717, 1.165) is 15.7 Å². The molecule has 1 N–H and O–H groups in total. The lowest BCUT2D eigenvalue weighted by Crippen LogP contribution is -2.06. The molecule has 21 heavy (non-hydrogen) atoms. The van der Waals surface area contributed by atoms with E-state index < -0.39 is 0 Å². The summed E-state index contributed by atoms with van der Waals surface area (Å²) in [6, 6.07) is 11.5. The number of ether oxygens (including phenoxy) is 1. The van der Waals surface area contributed by atoms with Crippen molar-refractivity contribution in [1.29, 1.82) is 0 Å². The zero-order valence-corrected chi connectivity index (χ0v) is 14.9. The highest BCUT2D eigenvalue weighted by Crippen LogP contribution is 2.29. The smallest absolute Gasteiger partial charge is 0.138 e. The van der Waals surface area contributed by atoms with E-state index in [0.29, 0.717) is 22.3 Å². The molecule has 0 amide bonds. The Morgan fingerprint density at radius 3 is 2.48 bits per heavy atom. The fraction of sp³-hybridized carbons (Fsp3) is 0.250. The Bertz CT molecular complexity index is 632. The first-order valence-corrected chi connectivity index (χ1v) is 8.14. The van der Waals surface area contributed by atoms with Crippen molar-refractivity contribution in [2.24, 2.45) is 0 Å².